The highest BCUT2D eigenvalue weighted by Crippen LogP contribution is 2.23. The van der Waals surface area contributed by atoms with Gasteiger partial charge in [0.15, 0.2) is 0 Å². The van der Waals surface area contributed by atoms with Crippen molar-refractivity contribution in [2.24, 2.45) is 5.92 Å². The SMILES string of the molecule is CC(C)C(=O)NCc1nc2ccccc2n1Cc1ccc(C(C)(C)C)cc1. The van der Waals surface area contributed by atoms with Crippen LogP contribution < -0.4 is 5.32 Å². The normalized spacial score (nSPS) is 11.9. The Morgan fingerprint density at radius 1 is 1.07 bits per heavy atom. The van der Waals surface area contributed by atoms with Gasteiger partial charge in [-0.15, -0.1) is 0 Å². The second-order valence-corrected chi connectivity index (χ2v) is 8.42. The summed E-state index contributed by atoms with van der Waals surface area (Å²) in [6.45, 7) is 11.6. The third kappa shape index (κ3) is 4.38. The third-order valence-corrected chi connectivity index (χ3v) is 4.84. The van der Waals surface area contributed by atoms with Crippen LogP contribution in [0.3, 0.4) is 0 Å². The van der Waals surface area contributed by atoms with E-state index in [-0.39, 0.29) is 17.2 Å². The van der Waals surface area contributed by atoms with Gasteiger partial charge in [-0.3, -0.25) is 4.79 Å². The van der Waals surface area contributed by atoms with E-state index in [0.29, 0.717) is 6.54 Å². The molecular weight excluding hydrogens is 334 g/mol. The van der Waals surface area contributed by atoms with Crippen molar-refractivity contribution in [2.45, 2.75) is 53.1 Å². The van der Waals surface area contributed by atoms with Crippen molar-refractivity contribution in [3.05, 3.63) is 65.5 Å². The van der Waals surface area contributed by atoms with Crippen LogP contribution in [0.25, 0.3) is 11.0 Å². The highest BCUT2D eigenvalue weighted by molar-refractivity contribution is 5.78. The lowest BCUT2D eigenvalue weighted by molar-refractivity contribution is -0.124. The van der Waals surface area contributed by atoms with Crippen molar-refractivity contribution in [3.63, 3.8) is 0 Å². The van der Waals surface area contributed by atoms with Crippen molar-refractivity contribution < 1.29 is 4.79 Å². The smallest absolute Gasteiger partial charge is 0.222 e. The number of carbonyl (C=O) groups excluding carboxylic acids is 1. The molecule has 4 nitrogen and oxygen atoms in total. The number of hydrogen-bond donors (Lipinski definition) is 1. The molecule has 0 bridgehead atoms. The lowest BCUT2D eigenvalue weighted by atomic mass is 9.87. The van der Waals surface area contributed by atoms with Crippen LogP contribution in [0.15, 0.2) is 48.5 Å². The summed E-state index contributed by atoms with van der Waals surface area (Å²) in [5.74, 6) is 0.890. The van der Waals surface area contributed by atoms with E-state index in [2.05, 4.69) is 61.0 Å². The van der Waals surface area contributed by atoms with Gasteiger partial charge in [-0.1, -0.05) is 71.0 Å². The van der Waals surface area contributed by atoms with Crippen LogP contribution in [0.5, 0.6) is 0 Å². The maximum atomic E-state index is 12.0. The number of hydrogen-bond acceptors (Lipinski definition) is 2. The minimum Gasteiger partial charge on any atom is -0.349 e. The molecule has 0 fully saturated rings. The Morgan fingerprint density at radius 2 is 1.74 bits per heavy atom. The molecule has 0 radical (unpaired) electrons. The van der Waals surface area contributed by atoms with Crippen LogP contribution in [0, 0.1) is 5.92 Å². The minimum atomic E-state index is -0.0345. The zero-order chi connectivity index (χ0) is 19.6. The first kappa shape index (κ1) is 19.2. The third-order valence-electron chi connectivity index (χ3n) is 4.84. The molecule has 0 aliphatic carbocycles. The van der Waals surface area contributed by atoms with Crippen LogP contribution >= 0.6 is 0 Å². The first-order valence-corrected chi connectivity index (χ1v) is 9.57. The Hall–Kier alpha value is -2.62. The molecule has 0 saturated heterocycles. The van der Waals surface area contributed by atoms with Gasteiger partial charge in [-0.25, -0.2) is 4.98 Å². The highest BCUT2D eigenvalue weighted by atomic mass is 16.1. The Kier molecular flexibility index (Phi) is 5.36. The maximum absolute atomic E-state index is 12.0. The van der Waals surface area contributed by atoms with Crippen molar-refractivity contribution in [1.29, 1.82) is 0 Å². The van der Waals surface area contributed by atoms with E-state index in [9.17, 15) is 4.79 Å². The van der Waals surface area contributed by atoms with E-state index in [4.69, 9.17) is 4.98 Å². The van der Waals surface area contributed by atoms with Gasteiger partial charge < -0.3 is 9.88 Å². The summed E-state index contributed by atoms with van der Waals surface area (Å²) in [6.07, 6.45) is 0. The number of aromatic nitrogens is 2. The minimum absolute atomic E-state index is 0.0345. The van der Waals surface area contributed by atoms with Crippen molar-refractivity contribution in [1.82, 2.24) is 14.9 Å². The molecule has 0 aliphatic rings. The standard InChI is InChI=1S/C23H29N3O/c1-16(2)22(27)24-14-21-25-19-8-6-7-9-20(19)26(21)15-17-10-12-18(13-11-17)23(3,4)5/h6-13,16H,14-15H2,1-5H3,(H,24,27). The number of benzene rings is 2. The second-order valence-electron chi connectivity index (χ2n) is 8.42. The molecule has 0 spiro atoms. The number of nitrogens with zero attached hydrogens (tertiary/aromatic N) is 2. The van der Waals surface area contributed by atoms with Crippen LogP contribution in [0.2, 0.25) is 0 Å². The molecule has 4 heteroatoms. The summed E-state index contributed by atoms with van der Waals surface area (Å²) in [7, 11) is 0. The Labute approximate surface area is 161 Å². The zero-order valence-electron chi connectivity index (χ0n) is 16.9. The van der Waals surface area contributed by atoms with Gasteiger partial charge in [-0.2, -0.15) is 0 Å². The van der Waals surface area contributed by atoms with E-state index < -0.39 is 0 Å². The summed E-state index contributed by atoms with van der Waals surface area (Å²) < 4.78 is 2.20. The molecule has 3 rings (SSSR count). The number of para-hydroxylation sites is 2. The summed E-state index contributed by atoms with van der Waals surface area (Å²) in [5, 5.41) is 2.99. The van der Waals surface area contributed by atoms with Gasteiger partial charge in [-0.05, 0) is 28.7 Å². The molecule has 0 aliphatic heterocycles. The molecule has 1 amide bonds. The number of carbonyl (C=O) groups is 1. The fourth-order valence-electron chi connectivity index (χ4n) is 3.10. The number of rotatable bonds is 5. The number of imidazole rings is 1. The van der Waals surface area contributed by atoms with Crippen LogP contribution in [0.4, 0.5) is 0 Å². The maximum Gasteiger partial charge on any atom is 0.222 e. The summed E-state index contributed by atoms with van der Waals surface area (Å²) in [5.41, 5.74) is 4.74. The topological polar surface area (TPSA) is 46.9 Å². The fourth-order valence-corrected chi connectivity index (χ4v) is 3.10. The number of fused-ring (bicyclic) bond motifs is 1. The molecule has 3 aromatic rings. The van der Waals surface area contributed by atoms with Gasteiger partial charge in [0.05, 0.1) is 17.6 Å². The molecule has 1 heterocycles. The first-order valence-electron chi connectivity index (χ1n) is 9.57. The van der Waals surface area contributed by atoms with Crippen molar-refractivity contribution in [2.75, 3.05) is 0 Å². The molecule has 2 aromatic carbocycles. The van der Waals surface area contributed by atoms with Gasteiger partial charge in [0.2, 0.25) is 5.91 Å². The highest BCUT2D eigenvalue weighted by Gasteiger charge is 2.15. The summed E-state index contributed by atoms with van der Waals surface area (Å²) in [6, 6.07) is 16.9. The molecule has 27 heavy (non-hydrogen) atoms. The van der Waals surface area contributed by atoms with E-state index in [1.807, 2.05) is 32.0 Å². The second kappa shape index (κ2) is 7.55. The molecule has 0 saturated carbocycles. The largest absolute Gasteiger partial charge is 0.349 e. The van der Waals surface area contributed by atoms with E-state index in [1.165, 1.54) is 11.1 Å². The number of amides is 1. The van der Waals surface area contributed by atoms with E-state index in [1.54, 1.807) is 0 Å². The van der Waals surface area contributed by atoms with Crippen molar-refractivity contribution >= 4 is 16.9 Å². The molecular formula is C23H29N3O. The van der Waals surface area contributed by atoms with Gasteiger partial charge >= 0.3 is 0 Å². The molecule has 1 aromatic heterocycles. The quantitative estimate of drug-likeness (QED) is 0.717. The van der Waals surface area contributed by atoms with Crippen LogP contribution in [-0.4, -0.2) is 15.5 Å². The van der Waals surface area contributed by atoms with Gasteiger partial charge in [0.25, 0.3) is 0 Å². The van der Waals surface area contributed by atoms with Crippen LogP contribution in [0.1, 0.15) is 51.6 Å². The Balaban J connectivity index is 1.90. The monoisotopic (exact) mass is 363 g/mol. The Bertz CT molecular complexity index is 930. The average molecular weight is 364 g/mol. The first-order chi connectivity index (χ1) is 12.8. The molecule has 0 unspecified atom stereocenters. The van der Waals surface area contributed by atoms with Crippen molar-refractivity contribution in [3.8, 4) is 0 Å². The lowest BCUT2D eigenvalue weighted by Gasteiger charge is -2.19. The molecule has 0 atom stereocenters. The number of nitrogens with one attached hydrogen (secondary N) is 1. The van der Waals surface area contributed by atoms with Crippen LogP contribution in [-0.2, 0) is 23.3 Å². The summed E-state index contributed by atoms with van der Waals surface area (Å²) in [4.78, 5) is 16.7. The predicted molar refractivity (Wildman–Crippen MR) is 111 cm³/mol. The summed E-state index contributed by atoms with van der Waals surface area (Å²) >= 11 is 0. The van der Waals surface area contributed by atoms with Gasteiger partial charge in [0.1, 0.15) is 5.82 Å². The zero-order valence-corrected chi connectivity index (χ0v) is 16.9. The van der Waals surface area contributed by atoms with E-state index in [0.717, 1.165) is 23.4 Å². The fraction of sp³-hybridized carbons (Fsp3) is 0.391. The van der Waals surface area contributed by atoms with E-state index >= 15 is 0 Å². The molecule has 142 valence electrons. The molecule has 1 N–H and O–H groups in total. The predicted octanol–water partition coefficient (Wildman–Crippen LogP) is 4.65. The lowest BCUT2D eigenvalue weighted by Crippen LogP contribution is -2.28. The van der Waals surface area contributed by atoms with Gasteiger partial charge in [0, 0.05) is 12.5 Å². The average Bonchev–Trinajstić information content (AvgIpc) is 2.97. The Morgan fingerprint density at radius 3 is 2.37 bits per heavy atom.